The van der Waals surface area contributed by atoms with Gasteiger partial charge in [-0.3, -0.25) is 4.98 Å². The highest BCUT2D eigenvalue weighted by Gasteiger charge is 2.30. The van der Waals surface area contributed by atoms with Gasteiger partial charge in [-0.25, -0.2) is 0 Å². The molecule has 1 fully saturated rings. The van der Waals surface area contributed by atoms with Crippen LogP contribution in [0.4, 0.5) is 0 Å². The van der Waals surface area contributed by atoms with Gasteiger partial charge >= 0.3 is 0 Å². The third kappa shape index (κ3) is 2.57. The van der Waals surface area contributed by atoms with E-state index in [1.807, 2.05) is 12.3 Å². The van der Waals surface area contributed by atoms with Gasteiger partial charge in [0.1, 0.15) is 0 Å². The molecule has 0 amide bonds. The van der Waals surface area contributed by atoms with E-state index in [9.17, 15) is 0 Å². The van der Waals surface area contributed by atoms with E-state index in [1.54, 1.807) is 0 Å². The standard InChI is InChI=1S/C13H20N2/c1-14-13(8-4-2-5-9-13)11-12-7-3-6-10-15-12/h3,6-7,10,14H,2,4-5,8-9,11H2,1H3. The molecule has 1 aromatic heterocycles. The van der Waals surface area contributed by atoms with Gasteiger partial charge in [0.05, 0.1) is 0 Å². The number of aromatic nitrogens is 1. The van der Waals surface area contributed by atoms with Crippen molar-refractivity contribution in [2.45, 2.75) is 44.1 Å². The van der Waals surface area contributed by atoms with Crippen molar-refractivity contribution >= 4 is 0 Å². The molecule has 0 aromatic carbocycles. The van der Waals surface area contributed by atoms with Gasteiger partial charge in [-0.05, 0) is 32.0 Å². The molecule has 0 unspecified atom stereocenters. The molecule has 2 nitrogen and oxygen atoms in total. The van der Waals surface area contributed by atoms with Crippen molar-refractivity contribution in [3.63, 3.8) is 0 Å². The molecule has 15 heavy (non-hydrogen) atoms. The molecule has 1 aliphatic carbocycles. The maximum absolute atomic E-state index is 4.43. The molecule has 0 radical (unpaired) electrons. The van der Waals surface area contributed by atoms with Crippen LogP contribution in [0.25, 0.3) is 0 Å². The SMILES string of the molecule is CNC1(Cc2ccccn2)CCCCC1. The summed E-state index contributed by atoms with van der Waals surface area (Å²) in [5.41, 5.74) is 1.53. The van der Waals surface area contributed by atoms with E-state index in [4.69, 9.17) is 0 Å². The van der Waals surface area contributed by atoms with Crippen molar-refractivity contribution in [2.24, 2.45) is 0 Å². The second kappa shape index (κ2) is 4.75. The van der Waals surface area contributed by atoms with Crippen LogP contribution in [-0.2, 0) is 6.42 Å². The third-order valence-electron chi connectivity index (χ3n) is 3.59. The minimum absolute atomic E-state index is 0.312. The Hall–Kier alpha value is -0.890. The lowest BCUT2D eigenvalue weighted by Gasteiger charge is -2.37. The van der Waals surface area contributed by atoms with E-state index < -0.39 is 0 Å². The molecule has 0 bridgehead atoms. The van der Waals surface area contributed by atoms with Gasteiger partial charge in [0, 0.05) is 23.9 Å². The van der Waals surface area contributed by atoms with Crippen molar-refractivity contribution in [3.05, 3.63) is 30.1 Å². The molecule has 0 atom stereocenters. The highest BCUT2D eigenvalue weighted by Crippen LogP contribution is 2.30. The number of nitrogens with zero attached hydrogens (tertiary/aromatic N) is 1. The van der Waals surface area contributed by atoms with Crippen molar-refractivity contribution in [3.8, 4) is 0 Å². The zero-order chi connectivity index (χ0) is 10.6. The molecule has 0 aliphatic heterocycles. The van der Waals surface area contributed by atoms with Crippen LogP contribution in [0.3, 0.4) is 0 Å². The first-order chi connectivity index (χ1) is 7.35. The van der Waals surface area contributed by atoms with Crippen LogP contribution in [0.5, 0.6) is 0 Å². The summed E-state index contributed by atoms with van der Waals surface area (Å²) in [4.78, 5) is 4.43. The third-order valence-corrected chi connectivity index (χ3v) is 3.59. The van der Waals surface area contributed by atoms with Crippen LogP contribution in [-0.4, -0.2) is 17.6 Å². The molecule has 1 aliphatic rings. The van der Waals surface area contributed by atoms with Crippen LogP contribution in [0, 0.1) is 0 Å². The molecule has 1 heterocycles. The summed E-state index contributed by atoms with van der Waals surface area (Å²) < 4.78 is 0. The second-order valence-electron chi connectivity index (χ2n) is 4.59. The predicted octanol–water partition coefficient (Wildman–Crippen LogP) is 2.55. The summed E-state index contributed by atoms with van der Waals surface area (Å²) in [7, 11) is 2.09. The maximum Gasteiger partial charge on any atom is 0.0421 e. The van der Waals surface area contributed by atoms with Crippen molar-refractivity contribution in [1.29, 1.82) is 0 Å². The number of rotatable bonds is 3. The molecule has 0 spiro atoms. The first-order valence-corrected chi connectivity index (χ1v) is 5.93. The van der Waals surface area contributed by atoms with E-state index in [0.717, 1.165) is 6.42 Å². The Morgan fingerprint density at radius 2 is 2.07 bits per heavy atom. The van der Waals surface area contributed by atoms with Crippen molar-refractivity contribution in [2.75, 3.05) is 7.05 Å². The van der Waals surface area contributed by atoms with E-state index >= 15 is 0 Å². The molecule has 82 valence electrons. The molecule has 1 saturated carbocycles. The highest BCUT2D eigenvalue weighted by atomic mass is 14.9. The average Bonchev–Trinajstić information content (AvgIpc) is 2.32. The zero-order valence-corrected chi connectivity index (χ0v) is 9.50. The van der Waals surface area contributed by atoms with Crippen molar-refractivity contribution < 1.29 is 0 Å². The molecule has 1 aromatic rings. The number of pyridine rings is 1. The van der Waals surface area contributed by atoms with Gasteiger partial charge < -0.3 is 5.32 Å². The summed E-state index contributed by atoms with van der Waals surface area (Å²) in [5, 5.41) is 3.53. The van der Waals surface area contributed by atoms with Crippen LogP contribution in [0.1, 0.15) is 37.8 Å². The Kier molecular flexibility index (Phi) is 3.37. The summed E-state index contributed by atoms with van der Waals surface area (Å²) in [6.45, 7) is 0. The van der Waals surface area contributed by atoms with E-state index in [1.165, 1.54) is 37.8 Å². The molecule has 0 saturated heterocycles. The minimum Gasteiger partial charge on any atom is -0.314 e. The quantitative estimate of drug-likeness (QED) is 0.818. The minimum atomic E-state index is 0.312. The molecule has 1 N–H and O–H groups in total. The smallest absolute Gasteiger partial charge is 0.0421 e. The Morgan fingerprint density at radius 1 is 1.27 bits per heavy atom. The van der Waals surface area contributed by atoms with Crippen LogP contribution in [0.15, 0.2) is 24.4 Å². The molecule has 2 heteroatoms. The first kappa shape index (κ1) is 10.6. The fourth-order valence-corrected chi connectivity index (χ4v) is 2.59. The van der Waals surface area contributed by atoms with E-state index in [2.05, 4.69) is 29.5 Å². The topological polar surface area (TPSA) is 24.9 Å². The van der Waals surface area contributed by atoms with E-state index in [0.29, 0.717) is 5.54 Å². The Morgan fingerprint density at radius 3 is 2.67 bits per heavy atom. The Bertz CT molecular complexity index is 289. The van der Waals surface area contributed by atoms with Crippen LogP contribution >= 0.6 is 0 Å². The fraction of sp³-hybridized carbons (Fsp3) is 0.615. The first-order valence-electron chi connectivity index (χ1n) is 5.93. The van der Waals surface area contributed by atoms with E-state index in [-0.39, 0.29) is 0 Å². The summed E-state index contributed by atoms with van der Waals surface area (Å²) in [5.74, 6) is 0. The van der Waals surface area contributed by atoms with Crippen LogP contribution in [0.2, 0.25) is 0 Å². The second-order valence-corrected chi connectivity index (χ2v) is 4.59. The largest absolute Gasteiger partial charge is 0.314 e. The number of hydrogen-bond acceptors (Lipinski definition) is 2. The van der Waals surface area contributed by atoms with Gasteiger partial charge in [0.15, 0.2) is 0 Å². The van der Waals surface area contributed by atoms with Gasteiger partial charge in [-0.15, -0.1) is 0 Å². The summed E-state index contributed by atoms with van der Waals surface area (Å²) >= 11 is 0. The lowest BCUT2D eigenvalue weighted by Crippen LogP contribution is -2.46. The van der Waals surface area contributed by atoms with Crippen LogP contribution < -0.4 is 5.32 Å². The summed E-state index contributed by atoms with van der Waals surface area (Å²) in [6, 6.07) is 6.19. The van der Waals surface area contributed by atoms with Crippen molar-refractivity contribution in [1.82, 2.24) is 10.3 Å². The Labute approximate surface area is 92.1 Å². The van der Waals surface area contributed by atoms with Gasteiger partial charge in [-0.2, -0.15) is 0 Å². The number of hydrogen-bond donors (Lipinski definition) is 1. The van der Waals surface area contributed by atoms with Gasteiger partial charge in [-0.1, -0.05) is 25.3 Å². The maximum atomic E-state index is 4.43. The molecular formula is C13H20N2. The highest BCUT2D eigenvalue weighted by molar-refractivity contribution is 5.09. The molecule has 2 rings (SSSR count). The zero-order valence-electron chi connectivity index (χ0n) is 9.50. The monoisotopic (exact) mass is 204 g/mol. The average molecular weight is 204 g/mol. The number of likely N-dealkylation sites (N-methyl/N-ethyl adjacent to an activating group) is 1. The normalized spacial score (nSPS) is 20.1. The van der Waals surface area contributed by atoms with Gasteiger partial charge in [0.2, 0.25) is 0 Å². The molecular weight excluding hydrogens is 184 g/mol. The predicted molar refractivity (Wildman–Crippen MR) is 62.8 cm³/mol. The lowest BCUT2D eigenvalue weighted by atomic mass is 9.78. The Balaban J connectivity index is 2.07. The number of nitrogens with one attached hydrogen (secondary N) is 1. The lowest BCUT2D eigenvalue weighted by molar-refractivity contribution is 0.243. The summed E-state index contributed by atoms with van der Waals surface area (Å²) in [6.07, 6.45) is 9.65. The fourth-order valence-electron chi connectivity index (χ4n) is 2.59. The van der Waals surface area contributed by atoms with Gasteiger partial charge in [0.25, 0.3) is 0 Å².